The van der Waals surface area contributed by atoms with Crippen molar-refractivity contribution in [3.05, 3.63) is 5.21 Å². The molecule has 0 aromatic carbocycles. The van der Waals surface area contributed by atoms with Crippen LogP contribution in [0.5, 0.6) is 0 Å². The van der Waals surface area contributed by atoms with Gasteiger partial charge in [0.15, 0.2) is 0 Å². The second kappa shape index (κ2) is 12.0. The van der Waals surface area contributed by atoms with E-state index in [1.165, 1.54) is 70.6 Å². The van der Waals surface area contributed by atoms with Gasteiger partial charge in [0, 0.05) is 0 Å². The van der Waals surface area contributed by atoms with Crippen LogP contribution in [0, 0.1) is 5.21 Å². The summed E-state index contributed by atoms with van der Waals surface area (Å²) in [5, 5.41) is 11.3. The molecule has 0 aromatic rings. The maximum Gasteiger partial charge on any atom is 0.0779 e. The highest BCUT2D eigenvalue weighted by molar-refractivity contribution is 4.48. The summed E-state index contributed by atoms with van der Waals surface area (Å²) < 4.78 is -0.127. The largest absolute Gasteiger partial charge is 0.633 e. The smallest absolute Gasteiger partial charge is 0.0779 e. The van der Waals surface area contributed by atoms with Gasteiger partial charge in [-0.25, -0.2) is 0 Å². The van der Waals surface area contributed by atoms with Gasteiger partial charge >= 0.3 is 0 Å². The molecule has 0 bridgehead atoms. The predicted molar refractivity (Wildman–Crippen MR) is 81.4 cm³/mol. The number of hydroxylamine groups is 3. The molecule has 2 nitrogen and oxygen atoms in total. The molecule has 0 amide bonds. The van der Waals surface area contributed by atoms with Crippen molar-refractivity contribution in [2.24, 2.45) is 0 Å². The second-order valence-electron chi connectivity index (χ2n) is 6.19. The topological polar surface area (TPSA) is 23.1 Å². The fourth-order valence-corrected chi connectivity index (χ4v) is 2.33. The van der Waals surface area contributed by atoms with E-state index in [0.29, 0.717) is 0 Å². The van der Waals surface area contributed by atoms with Crippen LogP contribution in [-0.2, 0) is 0 Å². The Bertz CT molecular complexity index is 163. The van der Waals surface area contributed by atoms with Crippen molar-refractivity contribution in [2.75, 3.05) is 20.6 Å². The Morgan fingerprint density at radius 2 is 0.944 bits per heavy atom. The molecule has 0 radical (unpaired) electrons. The lowest BCUT2D eigenvalue weighted by molar-refractivity contribution is -0.840. The number of quaternary nitrogens is 1. The SMILES string of the molecule is CCCCCCCCCCCCCC[N+](C)(C)[O-]. The van der Waals surface area contributed by atoms with Crippen molar-refractivity contribution in [2.45, 2.75) is 84.0 Å². The maximum atomic E-state index is 11.3. The molecule has 0 unspecified atom stereocenters. The fourth-order valence-electron chi connectivity index (χ4n) is 2.33. The average Bonchev–Trinajstić information content (AvgIpc) is 2.29. The summed E-state index contributed by atoms with van der Waals surface area (Å²) in [7, 11) is 3.47. The first-order chi connectivity index (χ1) is 8.56. The molecule has 110 valence electrons. The molecule has 0 saturated carbocycles. The Labute approximate surface area is 115 Å². The van der Waals surface area contributed by atoms with Crippen molar-refractivity contribution < 1.29 is 4.65 Å². The van der Waals surface area contributed by atoms with Gasteiger partial charge in [-0.15, -0.1) is 0 Å². The van der Waals surface area contributed by atoms with Crippen molar-refractivity contribution in [3.63, 3.8) is 0 Å². The normalized spacial score (nSPS) is 12.0. The van der Waals surface area contributed by atoms with Crippen LogP contribution in [0.2, 0.25) is 0 Å². The van der Waals surface area contributed by atoms with E-state index in [-0.39, 0.29) is 4.65 Å². The van der Waals surface area contributed by atoms with Crippen LogP contribution in [0.3, 0.4) is 0 Å². The van der Waals surface area contributed by atoms with Crippen molar-refractivity contribution in [1.82, 2.24) is 0 Å². The summed E-state index contributed by atoms with van der Waals surface area (Å²) in [6, 6.07) is 0. The summed E-state index contributed by atoms with van der Waals surface area (Å²) in [6.07, 6.45) is 16.3. The van der Waals surface area contributed by atoms with E-state index < -0.39 is 0 Å². The van der Waals surface area contributed by atoms with Gasteiger partial charge in [-0.1, -0.05) is 71.1 Å². The Morgan fingerprint density at radius 3 is 1.28 bits per heavy atom. The second-order valence-corrected chi connectivity index (χ2v) is 6.19. The van der Waals surface area contributed by atoms with Crippen LogP contribution in [0.25, 0.3) is 0 Å². The maximum absolute atomic E-state index is 11.3. The van der Waals surface area contributed by atoms with Gasteiger partial charge < -0.3 is 9.85 Å². The van der Waals surface area contributed by atoms with Gasteiger partial charge in [0.1, 0.15) is 0 Å². The fraction of sp³-hybridized carbons (Fsp3) is 1.00. The van der Waals surface area contributed by atoms with E-state index in [1.54, 1.807) is 14.1 Å². The molecule has 0 fully saturated rings. The third kappa shape index (κ3) is 15.9. The van der Waals surface area contributed by atoms with Crippen LogP contribution >= 0.6 is 0 Å². The third-order valence-corrected chi connectivity index (χ3v) is 3.55. The molecule has 0 atom stereocenters. The standard InChI is InChI=1S/C16H35NO/c1-4-5-6-7-8-9-10-11-12-13-14-15-16-17(2,3)18/h4-16H2,1-3H3. The van der Waals surface area contributed by atoms with E-state index in [0.717, 1.165) is 13.0 Å². The van der Waals surface area contributed by atoms with Crippen molar-refractivity contribution in [3.8, 4) is 0 Å². The minimum absolute atomic E-state index is 0.127. The van der Waals surface area contributed by atoms with Crippen molar-refractivity contribution in [1.29, 1.82) is 0 Å². The summed E-state index contributed by atoms with van der Waals surface area (Å²) >= 11 is 0. The number of unbranched alkanes of at least 4 members (excludes halogenated alkanes) is 11. The molecule has 18 heavy (non-hydrogen) atoms. The Balaban J connectivity index is 2.99. The van der Waals surface area contributed by atoms with Crippen LogP contribution < -0.4 is 0 Å². The van der Waals surface area contributed by atoms with E-state index in [4.69, 9.17) is 0 Å². The quantitative estimate of drug-likeness (QED) is 0.251. The Hall–Kier alpha value is -0.0800. The lowest BCUT2D eigenvalue weighted by Gasteiger charge is -2.33. The first kappa shape index (κ1) is 17.9. The minimum Gasteiger partial charge on any atom is -0.633 e. The first-order valence-corrected chi connectivity index (χ1v) is 8.10. The van der Waals surface area contributed by atoms with Gasteiger partial charge in [0.2, 0.25) is 0 Å². The molecule has 0 saturated heterocycles. The highest BCUT2D eigenvalue weighted by atomic mass is 16.5. The Kier molecular flexibility index (Phi) is 11.9. The van der Waals surface area contributed by atoms with Crippen LogP contribution in [0.4, 0.5) is 0 Å². The van der Waals surface area contributed by atoms with E-state index in [9.17, 15) is 5.21 Å². The average molecular weight is 257 g/mol. The predicted octanol–water partition coefficient (Wildman–Crippen LogP) is 5.26. The number of hydrogen-bond acceptors (Lipinski definition) is 1. The molecule has 0 spiro atoms. The molecule has 0 aromatic heterocycles. The highest BCUT2D eigenvalue weighted by Gasteiger charge is 2.00. The Morgan fingerprint density at radius 1 is 0.611 bits per heavy atom. The summed E-state index contributed by atoms with van der Waals surface area (Å²) in [4.78, 5) is 0. The number of rotatable bonds is 13. The van der Waals surface area contributed by atoms with E-state index in [1.807, 2.05) is 0 Å². The molecule has 0 rings (SSSR count). The van der Waals surface area contributed by atoms with Crippen molar-refractivity contribution >= 4 is 0 Å². The third-order valence-electron chi connectivity index (χ3n) is 3.55. The van der Waals surface area contributed by atoms with Gasteiger partial charge in [-0.3, -0.25) is 0 Å². The number of hydrogen-bond donors (Lipinski definition) is 0. The molecule has 0 aliphatic heterocycles. The van der Waals surface area contributed by atoms with Crippen LogP contribution in [0.15, 0.2) is 0 Å². The zero-order valence-electron chi connectivity index (χ0n) is 13.0. The van der Waals surface area contributed by atoms with E-state index >= 15 is 0 Å². The zero-order chi connectivity index (χ0) is 13.7. The van der Waals surface area contributed by atoms with Gasteiger partial charge in [-0.2, -0.15) is 0 Å². The monoisotopic (exact) mass is 257 g/mol. The van der Waals surface area contributed by atoms with E-state index in [2.05, 4.69) is 6.92 Å². The van der Waals surface area contributed by atoms with Gasteiger partial charge in [0.05, 0.1) is 20.6 Å². The van der Waals surface area contributed by atoms with Gasteiger partial charge in [0.25, 0.3) is 0 Å². The summed E-state index contributed by atoms with van der Waals surface area (Å²) in [6.45, 7) is 3.05. The molecule has 0 aliphatic carbocycles. The number of nitrogens with zero attached hydrogens (tertiary/aromatic N) is 1. The van der Waals surface area contributed by atoms with Gasteiger partial charge in [-0.05, 0) is 12.8 Å². The lowest BCUT2D eigenvalue weighted by atomic mass is 10.1. The molecule has 0 aliphatic rings. The van der Waals surface area contributed by atoms with Crippen LogP contribution in [-0.4, -0.2) is 25.3 Å². The molecular weight excluding hydrogens is 222 g/mol. The minimum atomic E-state index is -0.127. The van der Waals surface area contributed by atoms with Crippen LogP contribution in [0.1, 0.15) is 84.0 Å². The zero-order valence-corrected chi connectivity index (χ0v) is 13.0. The summed E-state index contributed by atoms with van der Waals surface area (Å²) in [5.74, 6) is 0. The highest BCUT2D eigenvalue weighted by Crippen LogP contribution is 2.12. The molecule has 2 heteroatoms. The molecular formula is C16H35NO. The lowest BCUT2D eigenvalue weighted by Crippen LogP contribution is -2.32. The molecule has 0 N–H and O–H groups in total. The first-order valence-electron chi connectivity index (χ1n) is 8.10. The summed E-state index contributed by atoms with van der Waals surface area (Å²) in [5.41, 5.74) is 0. The molecule has 0 heterocycles.